The molecular formula is C13H15F3N4O3. The lowest BCUT2D eigenvalue weighted by Gasteiger charge is -2.21. The number of halogens is 3. The van der Waals surface area contributed by atoms with Crippen molar-refractivity contribution in [2.75, 3.05) is 25.6 Å². The second-order valence-electron chi connectivity index (χ2n) is 4.69. The summed E-state index contributed by atoms with van der Waals surface area (Å²) in [5.41, 5.74) is 1.40. The van der Waals surface area contributed by atoms with Crippen molar-refractivity contribution in [3.63, 3.8) is 0 Å². The maximum absolute atomic E-state index is 13.2. The molecule has 0 aliphatic carbocycles. The molecule has 10 heteroatoms. The van der Waals surface area contributed by atoms with Gasteiger partial charge in [0.1, 0.15) is 17.6 Å². The standard InChI is InChI=1S/C13H15F3N4O3/c1-7-10(19-20-12(21)23-7)8-5-9(13(14,15)16)11(18-6-8)17-3-4-22-2/h5-7H,3-4H2,1-2H3,(H,17,18)(H,20,21). The van der Waals surface area contributed by atoms with Gasteiger partial charge in [0.25, 0.3) is 0 Å². The number of hydrazone groups is 1. The third-order valence-corrected chi connectivity index (χ3v) is 3.02. The summed E-state index contributed by atoms with van der Waals surface area (Å²) in [6.45, 7) is 1.93. The van der Waals surface area contributed by atoms with Crippen LogP contribution >= 0.6 is 0 Å². The smallest absolute Gasteiger partial charge is 0.428 e. The van der Waals surface area contributed by atoms with E-state index in [2.05, 4.69) is 20.8 Å². The number of aromatic nitrogens is 1. The summed E-state index contributed by atoms with van der Waals surface area (Å²) in [5.74, 6) is -0.299. The van der Waals surface area contributed by atoms with Crippen LogP contribution in [0.5, 0.6) is 0 Å². The van der Waals surface area contributed by atoms with Gasteiger partial charge in [-0.05, 0) is 13.0 Å². The van der Waals surface area contributed by atoms with Crippen LogP contribution in [0.15, 0.2) is 17.4 Å². The summed E-state index contributed by atoms with van der Waals surface area (Å²) in [6.07, 6.45) is -4.90. The highest BCUT2D eigenvalue weighted by Crippen LogP contribution is 2.34. The fourth-order valence-corrected chi connectivity index (χ4v) is 1.97. The number of nitrogens with zero attached hydrogens (tertiary/aromatic N) is 2. The van der Waals surface area contributed by atoms with Gasteiger partial charge < -0.3 is 14.8 Å². The molecule has 1 unspecified atom stereocenters. The molecule has 23 heavy (non-hydrogen) atoms. The third-order valence-electron chi connectivity index (χ3n) is 3.02. The molecule has 1 amide bonds. The van der Waals surface area contributed by atoms with Gasteiger partial charge in [-0.3, -0.25) is 0 Å². The zero-order valence-corrected chi connectivity index (χ0v) is 12.4. The Bertz CT molecular complexity index is 619. The molecule has 1 atom stereocenters. The molecule has 126 valence electrons. The van der Waals surface area contributed by atoms with Crippen molar-refractivity contribution in [3.05, 3.63) is 23.4 Å². The highest BCUT2D eigenvalue weighted by Gasteiger charge is 2.36. The largest absolute Gasteiger partial charge is 0.439 e. The van der Waals surface area contributed by atoms with Crippen LogP contribution < -0.4 is 10.7 Å². The Labute approximate surface area is 129 Å². The van der Waals surface area contributed by atoms with E-state index in [9.17, 15) is 18.0 Å². The molecule has 0 bridgehead atoms. The summed E-state index contributed by atoms with van der Waals surface area (Å²) in [6, 6.07) is 0.915. The number of hydrogen-bond acceptors (Lipinski definition) is 6. The maximum Gasteiger partial charge on any atom is 0.428 e. The van der Waals surface area contributed by atoms with Crippen LogP contribution in [0.4, 0.5) is 23.8 Å². The van der Waals surface area contributed by atoms with Crippen molar-refractivity contribution < 1.29 is 27.4 Å². The molecular weight excluding hydrogens is 317 g/mol. The second kappa shape index (κ2) is 6.82. The summed E-state index contributed by atoms with van der Waals surface area (Å²) in [5, 5.41) is 6.31. The topological polar surface area (TPSA) is 84.8 Å². The molecule has 1 aromatic rings. The Morgan fingerprint density at radius 2 is 2.22 bits per heavy atom. The summed E-state index contributed by atoms with van der Waals surface area (Å²) in [7, 11) is 1.44. The molecule has 0 aromatic carbocycles. The van der Waals surface area contributed by atoms with Crippen molar-refractivity contribution in [3.8, 4) is 0 Å². The summed E-state index contributed by atoms with van der Waals surface area (Å²) >= 11 is 0. The van der Waals surface area contributed by atoms with E-state index in [1.165, 1.54) is 20.2 Å². The minimum Gasteiger partial charge on any atom is -0.439 e. The SMILES string of the molecule is COCCNc1ncc(C2=NNC(=O)OC2C)cc1C(F)(F)F. The lowest BCUT2D eigenvalue weighted by molar-refractivity contribution is -0.137. The van der Waals surface area contributed by atoms with Gasteiger partial charge in [-0.25, -0.2) is 15.2 Å². The molecule has 1 aliphatic rings. The van der Waals surface area contributed by atoms with E-state index in [1.54, 1.807) is 0 Å². The third kappa shape index (κ3) is 4.09. The maximum atomic E-state index is 13.2. The van der Waals surface area contributed by atoms with Crippen LogP contribution in [0.1, 0.15) is 18.1 Å². The fourth-order valence-electron chi connectivity index (χ4n) is 1.97. The highest BCUT2D eigenvalue weighted by atomic mass is 19.4. The van der Waals surface area contributed by atoms with E-state index in [-0.39, 0.29) is 30.2 Å². The van der Waals surface area contributed by atoms with Crippen LogP contribution in [0, 0.1) is 0 Å². The average Bonchev–Trinajstić information content (AvgIpc) is 2.47. The van der Waals surface area contributed by atoms with E-state index in [0.717, 1.165) is 6.07 Å². The predicted molar refractivity (Wildman–Crippen MR) is 75.2 cm³/mol. The normalized spacial score (nSPS) is 18.0. The van der Waals surface area contributed by atoms with Gasteiger partial charge in [-0.1, -0.05) is 0 Å². The Morgan fingerprint density at radius 1 is 1.48 bits per heavy atom. The van der Waals surface area contributed by atoms with Crippen LogP contribution in [-0.2, 0) is 15.7 Å². The molecule has 0 radical (unpaired) electrons. The first kappa shape index (κ1) is 17.0. The molecule has 1 aliphatic heterocycles. The van der Waals surface area contributed by atoms with Crippen LogP contribution in [-0.4, -0.2) is 43.2 Å². The molecule has 2 N–H and O–H groups in total. The lowest BCUT2D eigenvalue weighted by Crippen LogP contribution is -2.37. The van der Waals surface area contributed by atoms with Gasteiger partial charge >= 0.3 is 12.3 Å². The average molecular weight is 332 g/mol. The monoisotopic (exact) mass is 332 g/mol. The summed E-state index contributed by atoms with van der Waals surface area (Å²) < 4.78 is 49.3. The molecule has 2 rings (SSSR count). The molecule has 1 aromatic heterocycles. The van der Waals surface area contributed by atoms with Crippen LogP contribution in [0.25, 0.3) is 0 Å². The fraction of sp³-hybridized carbons (Fsp3) is 0.462. The van der Waals surface area contributed by atoms with E-state index in [1.807, 2.05) is 0 Å². The van der Waals surface area contributed by atoms with E-state index >= 15 is 0 Å². The number of rotatable bonds is 5. The molecule has 0 fully saturated rings. The van der Waals surface area contributed by atoms with Gasteiger partial charge in [0.2, 0.25) is 0 Å². The highest BCUT2D eigenvalue weighted by molar-refractivity contribution is 6.05. The van der Waals surface area contributed by atoms with E-state index < -0.39 is 23.9 Å². The number of anilines is 1. The number of alkyl halides is 3. The summed E-state index contributed by atoms with van der Waals surface area (Å²) in [4.78, 5) is 14.8. The Balaban J connectivity index is 2.35. The van der Waals surface area contributed by atoms with Crippen LogP contribution in [0.3, 0.4) is 0 Å². The number of carbonyl (C=O) groups excluding carboxylic acids is 1. The Hall–Kier alpha value is -2.36. The molecule has 7 nitrogen and oxygen atoms in total. The number of carbonyl (C=O) groups is 1. The number of cyclic esters (lactones) is 1. The Kier molecular flexibility index (Phi) is 5.04. The number of nitrogens with one attached hydrogen (secondary N) is 2. The van der Waals surface area contributed by atoms with Gasteiger partial charge in [0.05, 0.1) is 12.2 Å². The van der Waals surface area contributed by atoms with Crippen LogP contribution in [0.2, 0.25) is 0 Å². The number of hydrogen-bond donors (Lipinski definition) is 2. The Morgan fingerprint density at radius 3 is 2.83 bits per heavy atom. The zero-order chi connectivity index (χ0) is 17.0. The van der Waals surface area contributed by atoms with Crippen molar-refractivity contribution in [1.82, 2.24) is 10.4 Å². The van der Waals surface area contributed by atoms with Gasteiger partial charge in [0.15, 0.2) is 0 Å². The quantitative estimate of drug-likeness (QED) is 0.806. The molecule has 0 saturated heterocycles. The zero-order valence-electron chi connectivity index (χ0n) is 12.4. The number of amides is 1. The molecule has 2 heterocycles. The number of pyridine rings is 1. The van der Waals surface area contributed by atoms with Gasteiger partial charge in [0, 0.05) is 25.4 Å². The van der Waals surface area contributed by atoms with E-state index in [4.69, 9.17) is 9.47 Å². The number of methoxy groups -OCH3 is 1. The first-order valence-corrected chi connectivity index (χ1v) is 6.67. The number of ether oxygens (including phenoxy) is 2. The van der Waals surface area contributed by atoms with Gasteiger partial charge in [-0.15, -0.1) is 0 Å². The second-order valence-corrected chi connectivity index (χ2v) is 4.69. The minimum atomic E-state index is -4.60. The van der Waals surface area contributed by atoms with Crippen molar-refractivity contribution in [2.45, 2.75) is 19.2 Å². The van der Waals surface area contributed by atoms with Crippen molar-refractivity contribution in [1.29, 1.82) is 0 Å². The first-order valence-electron chi connectivity index (χ1n) is 6.67. The van der Waals surface area contributed by atoms with Crippen molar-refractivity contribution >= 4 is 17.6 Å². The molecule has 0 spiro atoms. The van der Waals surface area contributed by atoms with E-state index in [0.29, 0.717) is 0 Å². The molecule has 0 saturated carbocycles. The minimum absolute atomic E-state index is 0.113. The lowest BCUT2D eigenvalue weighted by atomic mass is 10.1. The van der Waals surface area contributed by atoms with Gasteiger partial charge in [-0.2, -0.15) is 18.3 Å². The first-order chi connectivity index (χ1) is 10.8. The van der Waals surface area contributed by atoms with Crippen molar-refractivity contribution in [2.24, 2.45) is 5.10 Å². The predicted octanol–water partition coefficient (Wildman–Crippen LogP) is 1.99.